The van der Waals surface area contributed by atoms with Crippen molar-refractivity contribution in [3.8, 4) is 5.75 Å². The number of aromatic hydroxyl groups is 1. The van der Waals surface area contributed by atoms with E-state index in [0.717, 1.165) is 0 Å². The predicted molar refractivity (Wildman–Crippen MR) is 87.3 cm³/mol. The zero-order chi connectivity index (χ0) is 20.3. The first-order valence-electron chi connectivity index (χ1n) is 7.58. The van der Waals surface area contributed by atoms with E-state index in [4.69, 9.17) is 0 Å². The molecule has 2 aromatic rings. The smallest absolute Gasteiger partial charge is 0.341 e. The molecule has 0 saturated carbocycles. The molecular weight excluding hydrogens is 370 g/mol. The van der Waals surface area contributed by atoms with Crippen LogP contribution in [-0.4, -0.2) is 22.0 Å². The molecule has 0 atom stereocenters. The molecule has 9 heteroatoms. The summed E-state index contributed by atoms with van der Waals surface area (Å²) < 4.78 is 53.8. The van der Waals surface area contributed by atoms with Crippen molar-refractivity contribution < 1.29 is 37.4 Å². The summed E-state index contributed by atoms with van der Waals surface area (Å²) >= 11 is 0. The van der Waals surface area contributed by atoms with Gasteiger partial charge in [-0.25, -0.2) is 22.4 Å². The molecule has 142 valence electrons. The third-order valence-corrected chi connectivity index (χ3v) is 3.63. The number of halogens is 4. The summed E-state index contributed by atoms with van der Waals surface area (Å²) in [5.74, 6) is -11.8. The Bertz CT molecular complexity index is 957. The Balaban J connectivity index is 2.62. The topological polar surface area (TPSA) is 86.6 Å². The van der Waals surface area contributed by atoms with E-state index < -0.39 is 46.2 Å². The molecule has 0 heterocycles. The highest BCUT2D eigenvalue weighted by Crippen LogP contribution is 2.27. The van der Waals surface area contributed by atoms with E-state index in [1.54, 1.807) is 0 Å². The lowest BCUT2D eigenvalue weighted by atomic mass is 9.99. The standard InChI is InChI=1S/C18H13F4NO4/c1-2-10(23-11-5-3-4-6-12(11)24)13(18(26)27)17(25)8-7-9(19)15(21)16(22)14(8)20/h3-7,23-24H,2H2,1H3,(H,26,27). The molecule has 0 aliphatic carbocycles. The number of phenols is 1. The van der Waals surface area contributed by atoms with E-state index in [0.29, 0.717) is 0 Å². The molecule has 0 unspecified atom stereocenters. The average Bonchev–Trinajstić information content (AvgIpc) is 2.63. The summed E-state index contributed by atoms with van der Waals surface area (Å²) in [6.07, 6.45) is -0.0878. The van der Waals surface area contributed by atoms with Gasteiger partial charge in [-0.05, 0) is 24.6 Å². The fourth-order valence-corrected chi connectivity index (χ4v) is 2.31. The number of hydrogen-bond acceptors (Lipinski definition) is 4. The molecule has 3 N–H and O–H groups in total. The third kappa shape index (κ3) is 3.91. The van der Waals surface area contributed by atoms with Gasteiger partial charge in [-0.15, -0.1) is 0 Å². The maximum Gasteiger partial charge on any atom is 0.341 e. The lowest BCUT2D eigenvalue weighted by Crippen LogP contribution is -2.20. The van der Waals surface area contributed by atoms with Gasteiger partial charge in [-0.2, -0.15) is 0 Å². The molecule has 0 aliphatic heterocycles. The number of aliphatic carboxylic acids is 1. The van der Waals surface area contributed by atoms with Crippen LogP contribution in [-0.2, 0) is 4.79 Å². The molecule has 2 aromatic carbocycles. The largest absolute Gasteiger partial charge is 0.506 e. The summed E-state index contributed by atoms with van der Waals surface area (Å²) in [4.78, 5) is 24.0. The number of allylic oxidation sites excluding steroid dienone is 1. The maximum absolute atomic E-state index is 13.9. The van der Waals surface area contributed by atoms with Gasteiger partial charge in [0.05, 0.1) is 11.3 Å². The van der Waals surface area contributed by atoms with Crippen molar-refractivity contribution in [2.75, 3.05) is 5.32 Å². The summed E-state index contributed by atoms with van der Waals surface area (Å²) in [6.45, 7) is 1.46. The van der Waals surface area contributed by atoms with Crippen molar-refractivity contribution in [3.63, 3.8) is 0 Å². The van der Waals surface area contributed by atoms with Crippen LogP contribution >= 0.6 is 0 Å². The number of benzene rings is 2. The zero-order valence-corrected chi connectivity index (χ0v) is 13.8. The van der Waals surface area contributed by atoms with E-state index in [1.165, 1.54) is 31.2 Å². The van der Waals surface area contributed by atoms with Crippen LogP contribution < -0.4 is 5.32 Å². The van der Waals surface area contributed by atoms with Gasteiger partial charge in [-0.3, -0.25) is 4.79 Å². The van der Waals surface area contributed by atoms with Crippen molar-refractivity contribution in [2.24, 2.45) is 0 Å². The zero-order valence-electron chi connectivity index (χ0n) is 13.8. The molecule has 0 fully saturated rings. The fraction of sp³-hybridized carbons (Fsp3) is 0.111. The van der Waals surface area contributed by atoms with Crippen molar-refractivity contribution >= 4 is 17.4 Å². The van der Waals surface area contributed by atoms with E-state index in [1.807, 2.05) is 0 Å². The highest BCUT2D eigenvalue weighted by Gasteiger charge is 2.30. The molecule has 0 aliphatic rings. The van der Waals surface area contributed by atoms with Gasteiger partial charge in [0.25, 0.3) is 0 Å². The highest BCUT2D eigenvalue weighted by atomic mass is 19.2. The number of carbonyl (C=O) groups excluding carboxylic acids is 1. The van der Waals surface area contributed by atoms with Crippen LogP contribution in [0.25, 0.3) is 0 Å². The fourth-order valence-electron chi connectivity index (χ4n) is 2.31. The Labute approximate surface area is 150 Å². The van der Waals surface area contributed by atoms with Crippen molar-refractivity contribution in [1.29, 1.82) is 0 Å². The quantitative estimate of drug-likeness (QED) is 0.103. The van der Waals surface area contributed by atoms with Crippen LogP contribution in [0.2, 0.25) is 0 Å². The average molecular weight is 383 g/mol. The summed E-state index contributed by atoms with van der Waals surface area (Å²) in [6, 6.07) is 5.78. The molecular formula is C18H13F4NO4. The van der Waals surface area contributed by atoms with Crippen LogP contribution in [0.5, 0.6) is 5.75 Å². The van der Waals surface area contributed by atoms with Crippen molar-refractivity contribution in [3.05, 3.63) is 70.4 Å². The highest BCUT2D eigenvalue weighted by molar-refractivity contribution is 6.24. The summed E-state index contributed by atoms with van der Waals surface area (Å²) in [5, 5.41) is 21.7. The lowest BCUT2D eigenvalue weighted by molar-refractivity contribution is -0.132. The number of anilines is 1. The number of para-hydroxylation sites is 2. The molecule has 0 bridgehead atoms. The van der Waals surface area contributed by atoms with E-state index in [2.05, 4.69) is 5.32 Å². The Morgan fingerprint density at radius 2 is 1.67 bits per heavy atom. The minimum absolute atomic E-state index is 0.0536. The Hall–Kier alpha value is -3.36. The molecule has 2 rings (SSSR count). The Morgan fingerprint density at radius 1 is 1.04 bits per heavy atom. The molecule has 0 saturated heterocycles. The van der Waals surface area contributed by atoms with Crippen LogP contribution in [0, 0.1) is 23.3 Å². The van der Waals surface area contributed by atoms with Crippen LogP contribution in [0.4, 0.5) is 23.2 Å². The molecule has 0 spiro atoms. The maximum atomic E-state index is 13.9. The van der Waals surface area contributed by atoms with Gasteiger partial charge in [0.1, 0.15) is 11.3 Å². The molecule has 5 nitrogen and oxygen atoms in total. The second-order valence-corrected chi connectivity index (χ2v) is 5.33. The first kappa shape index (κ1) is 20.0. The predicted octanol–water partition coefficient (Wildman–Crippen LogP) is 3.99. The molecule has 27 heavy (non-hydrogen) atoms. The van der Waals surface area contributed by atoms with Gasteiger partial charge in [0.15, 0.2) is 23.3 Å². The van der Waals surface area contributed by atoms with E-state index >= 15 is 0 Å². The third-order valence-electron chi connectivity index (χ3n) is 3.63. The molecule has 0 amide bonds. The normalized spacial score (nSPS) is 11.7. The molecule has 0 radical (unpaired) electrons. The number of ketones is 1. The lowest BCUT2D eigenvalue weighted by Gasteiger charge is -2.14. The Morgan fingerprint density at radius 3 is 2.22 bits per heavy atom. The van der Waals surface area contributed by atoms with Crippen LogP contribution in [0.3, 0.4) is 0 Å². The summed E-state index contributed by atoms with van der Waals surface area (Å²) in [5.41, 5.74) is -2.48. The van der Waals surface area contributed by atoms with Crippen LogP contribution in [0.1, 0.15) is 23.7 Å². The number of carbonyl (C=O) groups is 2. The van der Waals surface area contributed by atoms with Crippen molar-refractivity contribution in [2.45, 2.75) is 13.3 Å². The SMILES string of the molecule is CCC(Nc1ccccc1O)=C(C(=O)O)C(=O)c1cc(F)c(F)c(F)c1F. The second-order valence-electron chi connectivity index (χ2n) is 5.33. The van der Waals surface area contributed by atoms with Gasteiger partial charge >= 0.3 is 5.97 Å². The van der Waals surface area contributed by atoms with Gasteiger partial charge < -0.3 is 15.5 Å². The second kappa shape index (κ2) is 7.90. The summed E-state index contributed by atoms with van der Waals surface area (Å²) in [7, 11) is 0. The molecule has 0 aromatic heterocycles. The minimum atomic E-state index is -2.23. The number of rotatable bonds is 6. The number of nitrogens with one attached hydrogen (secondary N) is 1. The van der Waals surface area contributed by atoms with Crippen molar-refractivity contribution in [1.82, 2.24) is 0 Å². The van der Waals surface area contributed by atoms with Gasteiger partial charge in [0, 0.05) is 5.70 Å². The number of carboxylic acids is 1. The van der Waals surface area contributed by atoms with Gasteiger partial charge in [-0.1, -0.05) is 19.1 Å². The first-order chi connectivity index (χ1) is 12.7. The van der Waals surface area contributed by atoms with E-state index in [9.17, 15) is 37.4 Å². The van der Waals surface area contributed by atoms with E-state index in [-0.39, 0.29) is 29.6 Å². The van der Waals surface area contributed by atoms with Gasteiger partial charge in [0.2, 0.25) is 5.78 Å². The number of phenolic OH excluding ortho intramolecular Hbond substituents is 1. The first-order valence-corrected chi connectivity index (χ1v) is 7.58. The number of hydrogen-bond donors (Lipinski definition) is 3. The Kier molecular flexibility index (Phi) is 5.84. The van der Waals surface area contributed by atoms with Crippen LogP contribution in [0.15, 0.2) is 41.6 Å². The number of carboxylic acid groups (broad SMARTS) is 1. The minimum Gasteiger partial charge on any atom is -0.506 e. The number of Topliss-reactive ketones (excluding diaryl/α,β-unsaturated/α-hetero) is 1. The monoisotopic (exact) mass is 383 g/mol.